The third-order valence-corrected chi connectivity index (χ3v) is 8.50. The van der Waals surface area contributed by atoms with Crippen molar-refractivity contribution in [2.75, 3.05) is 18.5 Å². The van der Waals surface area contributed by atoms with Gasteiger partial charge in [-0.25, -0.2) is 19.6 Å². The SMILES string of the molecule is C.C.CC(NC(=O)OC(C)(C)C)c1ncc(-c2ccc(Br)cc2)[nH]1.CCOC(=O)CBr.CCOC(=O)Cn1cc(-c2ccc(Br)cc2)nc1C(C)NC(=O)OC(C)(C)C. The van der Waals surface area contributed by atoms with E-state index in [0.717, 1.165) is 25.8 Å². The quantitative estimate of drug-likeness (QED) is 0.0745. The van der Waals surface area contributed by atoms with E-state index in [1.807, 2.05) is 76.2 Å². The van der Waals surface area contributed by atoms with E-state index >= 15 is 0 Å². The van der Waals surface area contributed by atoms with Crippen molar-refractivity contribution in [1.82, 2.24) is 30.2 Å². The normalized spacial score (nSPS) is 11.6. The van der Waals surface area contributed by atoms with E-state index in [2.05, 4.69) is 78.1 Å². The maximum Gasteiger partial charge on any atom is 0.408 e. The van der Waals surface area contributed by atoms with E-state index in [4.69, 9.17) is 14.2 Å². The fourth-order valence-corrected chi connectivity index (χ4v) is 5.33. The standard InChI is InChI=1S/C20H26BrN3O4.C16H20BrN3O2.C4H7BrO2.2CH4/c1-6-27-17(25)12-24-11-16(14-7-9-15(21)10-8-14)23-18(24)13(2)22-19(26)28-20(3,4)5;1-10(19-15(21)22-16(2,3)4)14-18-9-13(20-14)11-5-7-12(17)8-6-11;1-2-7-4(6)3-5;;/h7-11,13H,6,12H2,1-5H3,(H,22,26);5-10H,1-4H3,(H,18,20)(H,19,21);2-3H2,1H3;2*1H4. The summed E-state index contributed by atoms with van der Waals surface area (Å²) in [5.74, 6) is 0.649. The van der Waals surface area contributed by atoms with Gasteiger partial charge in [0.25, 0.3) is 0 Å². The van der Waals surface area contributed by atoms with Crippen LogP contribution in [0.4, 0.5) is 9.59 Å². The Kier molecular flexibility index (Phi) is 24.2. The van der Waals surface area contributed by atoms with Gasteiger partial charge in [-0.15, -0.1) is 0 Å². The number of halogens is 3. The number of esters is 2. The Bertz CT molecular complexity index is 1890. The number of carbonyl (C=O) groups is 4. The number of hydrogen-bond donors (Lipinski definition) is 3. The number of nitrogens with one attached hydrogen (secondary N) is 3. The summed E-state index contributed by atoms with van der Waals surface area (Å²) in [4.78, 5) is 58.2. The molecule has 59 heavy (non-hydrogen) atoms. The molecule has 0 fully saturated rings. The second kappa shape index (κ2) is 26.1. The first-order valence-corrected chi connectivity index (χ1v) is 20.8. The molecule has 2 unspecified atom stereocenters. The first kappa shape index (κ1) is 54.8. The van der Waals surface area contributed by atoms with Crippen molar-refractivity contribution in [2.45, 2.75) is 114 Å². The van der Waals surface area contributed by atoms with Crippen LogP contribution < -0.4 is 10.6 Å². The molecule has 4 rings (SSSR count). The molecular formula is C42H61Br3N6O8. The monoisotopic (exact) mass is 1010 g/mol. The molecule has 2 aromatic carbocycles. The van der Waals surface area contributed by atoms with Crippen molar-refractivity contribution in [3.05, 3.63) is 81.5 Å². The van der Waals surface area contributed by atoms with E-state index in [1.165, 1.54) is 0 Å². The number of alkyl halides is 1. The molecule has 2 atom stereocenters. The molecule has 0 aliphatic rings. The number of ether oxygens (including phenoxy) is 4. The van der Waals surface area contributed by atoms with Crippen LogP contribution in [0, 0.1) is 0 Å². The van der Waals surface area contributed by atoms with Gasteiger partial charge >= 0.3 is 24.1 Å². The second-order valence-corrected chi connectivity index (χ2v) is 16.7. The van der Waals surface area contributed by atoms with Gasteiger partial charge in [-0.3, -0.25) is 9.59 Å². The average molecular weight is 1020 g/mol. The highest BCUT2D eigenvalue weighted by Gasteiger charge is 2.23. The van der Waals surface area contributed by atoms with E-state index in [0.29, 0.717) is 35.9 Å². The first-order valence-electron chi connectivity index (χ1n) is 18.1. The topological polar surface area (TPSA) is 176 Å². The van der Waals surface area contributed by atoms with Crippen LogP contribution in [0.3, 0.4) is 0 Å². The number of carbonyl (C=O) groups excluding carboxylic acids is 4. The summed E-state index contributed by atoms with van der Waals surface area (Å²) >= 11 is 9.77. The minimum absolute atomic E-state index is 0. The van der Waals surface area contributed by atoms with Crippen LogP contribution in [-0.2, 0) is 35.1 Å². The molecule has 2 heterocycles. The van der Waals surface area contributed by atoms with Crippen molar-refractivity contribution >= 4 is 71.9 Å². The van der Waals surface area contributed by atoms with Gasteiger partial charge in [-0.05, 0) is 99.1 Å². The predicted octanol–water partition coefficient (Wildman–Crippen LogP) is 11.1. The zero-order chi connectivity index (χ0) is 42.9. The average Bonchev–Trinajstić information content (AvgIpc) is 3.76. The lowest BCUT2D eigenvalue weighted by atomic mass is 10.2. The zero-order valence-electron chi connectivity index (χ0n) is 34.0. The van der Waals surface area contributed by atoms with E-state index in [9.17, 15) is 19.2 Å². The van der Waals surface area contributed by atoms with Crippen molar-refractivity contribution < 1.29 is 38.1 Å². The van der Waals surface area contributed by atoms with Crippen LogP contribution in [0.25, 0.3) is 22.5 Å². The Morgan fingerprint density at radius 1 is 0.746 bits per heavy atom. The smallest absolute Gasteiger partial charge is 0.408 e. The van der Waals surface area contributed by atoms with Crippen molar-refractivity contribution in [2.24, 2.45) is 0 Å². The van der Waals surface area contributed by atoms with Crippen LogP contribution in [-0.4, -0.2) is 73.4 Å². The third kappa shape index (κ3) is 21.0. The zero-order valence-corrected chi connectivity index (χ0v) is 38.8. The molecule has 14 nitrogen and oxygen atoms in total. The van der Waals surface area contributed by atoms with Crippen LogP contribution in [0.2, 0.25) is 0 Å². The number of aromatic nitrogens is 4. The molecule has 0 aliphatic heterocycles. The molecule has 0 radical (unpaired) electrons. The summed E-state index contributed by atoms with van der Waals surface area (Å²) in [6.07, 6.45) is 2.53. The lowest BCUT2D eigenvalue weighted by Crippen LogP contribution is -2.35. The van der Waals surface area contributed by atoms with Crippen LogP contribution in [0.5, 0.6) is 0 Å². The van der Waals surface area contributed by atoms with Crippen molar-refractivity contribution in [1.29, 1.82) is 0 Å². The van der Waals surface area contributed by atoms with Gasteiger partial charge in [-0.1, -0.05) is 86.9 Å². The Morgan fingerprint density at radius 3 is 1.64 bits per heavy atom. The highest BCUT2D eigenvalue weighted by atomic mass is 79.9. The summed E-state index contributed by atoms with van der Waals surface area (Å²) in [5.41, 5.74) is 2.41. The Morgan fingerprint density at radius 2 is 1.20 bits per heavy atom. The van der Waals surface area contributed by atoms with Crippen LogP contribution >= 0.6 is 47.8 Å². The molecule has 0 aliphatic carbocycles. The number of H-pyrrole nitrogens is 1. The summed E-state index contributed by atoms with van der Waals surface area (Å²) in [6, 6.07) is 14.9. The molecule has 2 amide bonds. The van der Waals surface area contributed by atoms with E-state index in [-0.39, 0.29) is 39.4 Å². The molecule has 0 saturated heterocycles. The van der Waals surface area contributed by atoms with Crippen LogP contribution in [0.1, 0.15) is 108 Å². The Balaban J connectivity index is 0.000000970. The van der Waals surface area contributed by atoms with Gasteiger partial charge in [-0.2, -0.15) is 0 Å². The molecule has 3 N–H and O–H groups in total. The van der Waals surface area contributed by atoms with Gasteiger partial charge in [0.2, 0.25) is 0 Å². The lowest BCUT2D eigenvalue weighted by molar-refractivity contribution is -0.144. The van der Waals surface area contributed by atoms with E-state index < -0.39 is 29.4 Å². The van der Waals surface area contributed by atoms with Gasteiger partial charge < -0.3 is 39.1 Å². The number of rotatable bonds is 11. The summed E-state index contributed by atoms with van der Waals surface area (Å²) < 4.78 is 23.8. The van der Waals surface area contributed by atoms with Gasteiger partial charge in [0, 0.05) is 20.7 Å². The fourth-order valence-electron chi connectivity index (χ4n) is 4.64. The summed E-state index contributed by atoms with van der Waals surface area (Å²) in [5, 5.41) is 5.82. The number of amides is 2. The molecular weight excluding hydrogens is 956 g/mol. The Hall–Kier alpha value is -4.22. The number of hydrogen-bond acceptors (Lipinski definition) is 10. The molecule has 0 saturated carbocycles. The highest BCUT2D eigenvalue weighted by Crippen LogP contribution is 2.25. The molecule has 328 valence electrons. The Labute approximate surface area is 374 Å². The fraction of sp³-hybridized carbons (Fsp3) is 0.476. The molecule has 0 spiro atoms. The molecule has 0 bridgehead atoms. The van der Waals surface area contributed by atoms with Crippen molar-refractivity contribution in [3.63, 3.8) is 0 Å². The maximum atomic E-state index is 12.1. The number of benzene rings is 2. The lowest BCUT2D eigenvalue weighted by Gasteiger charge is -2.22. The first-order chi connectivity index (χ1) is 26.6. The molecule has 4 aromatic rings. The van der Waals surface area contributed by atoms with Crippen LogP contribution in [0.15, 0.2) is 69.9 Å². The van der Waals surface area contributed by atoms with Gasteiger partial charge in [0.1, 0.15) is 34.7 Å². The minimum atomic E-state index is -0.604. The second-order valence-electron chi connectivity index (χ2n) is 14.3. The number of alkyl carbamates (subject to hydrolysis) is 2. The minimum Gasteiger partial charge on any atom is -0.465 e. The predicted molar refractivity (Wildman–Crippen MR) is 243 cm³/mol. The third-order valence-electron chi connectivity index (χ3n) is 6.98. The number of nitrogens with zero attached hydrogens (tertiary/aromatic N) is 3. The summed E-state index contributed by atoms with van der Waals surface area (Å²) in [6.45, 7) is 18.8. The van der Waals surface area contributed by atoms with E-state index in [1.54, 1.807) is 58.5 Å². The van der Waals surface area contributed by atoms with Gasteiger partial charge in [0.05, 0.1) is 42.9 Å². The maximum absolute atomic E-state index is 12.1. The molecule has 17 heteroatoms. The number of imidazole rings is 2. The van der Waals surface area contributed by atoms with Gasteiger partial charge in [0.15, 0.2) is 0 Å². The largest absolute Gasteiger partial charge is 0.465 e. The number of aromatic amines is 1. The molecule has 2 aromatic heterocycles. The highest BCUT2D eigenvalue weighted by molar-refractivity contribution is 9.10. The summed E-state index contributed by atoms with van der Waals surface area (Å²) in [7, 11) is 0. The van der Waals surface area contributed by atoms with Crippen molar-refractivity contribution in [3.8, 4) is 22.5 Å².